The fourth-order valence-corrected chi connectivity index (χ4v) is 2.61. The minimum absolute atomic E-state index is 0.250. The molecule has 1 aromatic heterocycles. The average molecular weight is 320 g/mol. The number of anilines is 1. The SMILES string of the molecule is O=c1c2cc(NS(=O)[O-])ccc2ccc2ncc(Cl)cc12. The van der Waals surface area contributed by atoms with Crippen LogP contribution in [0.25, 0.3) is 21.7 Å². The number of fused-ring (bicyclic) bond motifs is 2. The van der Waals surface area contributed by atoms with Crippen LogP contribution in [-0.2, 0) is 11.3 Å². The summed E-state index contributed by atoms with van der Waals surface area (Å²) in [6.07, 6.45) is 1.47. The number of nitrogens with one attached hydrogen (secondary N) is 1. The molecule has 0 saturated carbocycles. The van der Waals surface area contributed by atoms with Gasteiger partial charge in [-0.3, -0.25) is 14.0 Å². The van der Waals surface area contributed by atoms with Crippen molar-refractivity contribution in [3.05, 3.63) is 57.8 Å². The van der Waals surface area contributed by atoms with Crippen LogP contribution in [0.15, 0.2) is 47.4 Å². The molecule has 1 atom stereocenters. The lowest BCUT2D eigenvalue weighted by Crippen LogP contribution is -2.04. The normalized spacial score (nSPS) is 12.5. The third kappa shape index (κ3) is 2.73. The van der Waals surface area contributed by atoms with E-state index in [4.69, 9.17) is 11.6 Å². The van der Waals surface area contributed by atoms with E-state index in [9.17, 15) is 13.6 Å². The number of rotatable bonds is 2. The number of nitrogens with zero attached hydrogens (tertiary/aromatic N) is 1. The second kappa shape index (κ2) is 5.40. The van der Waals surface area contributed by atoms with Crippen LogP contribution in [0.4, 0.5) is 5.69 Å². The molecule has 0 fully saturated rings. The molecule has 3 aromatic rings. The molecule has 1 heterocycles. The molecule has 2 aromatic carbocycles. The van der Waals surface area contributed by atoms with E-state index in [1.54, 1.807) is 30.3 Å². The van der Waals surface area contributed by atoms with Crippen LogP contribution in [0.1, 0.15) is 0 Å². The first kappa shape index (κ1) is 13.9. The summed E-state index contributed by atoms with van der Waals surface area (Å²) in [5.41, 5.74) is 0.602. The summed E-state index contributed by atoms with van der Waals surface area (Å²) in [7, 11) is 0. The van der Waals surface area contributed by atoms with Gasteiger partial charge >= 0.3 is 0 Å². The first-order chi connectivity index (χ1) is 10.0. The minimum Gasteiger partial charge on any atom is -0.755 e. The van der Waals surface area contributed by atoms with Crippen LogP contribution in [0, 0.1) is 0 Å². The van der Waals surface area contributed by atoms with E-state index < -0.39 is 11.3 Å². The van der Waals surface area contributed by atoms with Gasteiger partial charge in [-0.25, -0.2) is 0 Å². The molecule has 0 bridgehead atoms. The van der Waals surface area contributed by atoms with E-state index in [1.807, 2.05) is 0 Å². The first-order valence-electron chi connectivity index (χ1n) is 5.93. The van der Waals surface area contributed by atoms with Gasteiger partial charge in [0.2, 0.25) is 0 Å². The molecule has 0 aliphatic rings. The fraction of sp³-hybridized carbons (Fsp3) is 0. The fourth-order valence-electron chi connectivity index (χ4n) is 2.14. The van der Waals surface area contributed by atoms with Gasteiger partial charge in [0, 0.05) is 33.9 Å². The molecule has 1 unspecified atom stereocenters. The lowest BCUT2D eigenvalue weighted by Gasteiger charge is -2.08. The van der Waals surface area contributed by atoms with E-state index in [2.05, 4.69) is 9.71 Å². The molecule has 7 heteroatoms. The molecule has 0 radical (unpaired) electrons. The maximum atomic E-state index is 12.6. The number of pyridine rings is 1. The highest BCUT2D eigenvalue weighted by Crippen LogP contribution is 2.20. The van der Waals surface area contributed by atoms with Crippen molar-refractivity contribution in [1.29, 1.82) is 0 Å². The van der Waals surface area contributed by atoms with Crippen LogP contribution >= 0.6 is 11.6 Å². The van der Waals surface area contributed by atoms with Crippen LogP contribution < -0.4 is 10.2 Å². The van der Waals surface area contributed by atoms with E-state index in [1.165, 1.54) is 12.3 Å². The van der Waals surface area contributed by atoms with Crippen molar-refractivity contribution in [2.24, 2.45) is 0 Å². The van der Waals surface area contributed by atoms with Crippen molar-refractivity contribution >= 4 is 50.2 Å². The summed E-state index contributed by atoms with van der Waals surface area (Å²) < 4.78 is 23.6. The topological polar surface area (TPSA) is 82.1 Å². The van der Waals surface area contributed by atoms with Gasteiger partial charge in [-0.2, -0.15) is 0 Å². The summed E-state index contributed by atoms with van der Waals surface area (Å²) in [6, 6.07) is 9.80. The number of benzene rings is 1. The lowest BCUT2D eigenvalue weighted by molar-refractivity contribution is 0.542. The van der Waals surface area contributed by atoms with Crippen molar-refractivity contribution in [3.8, 4) is 0 Å². The highest BCUT2D eigenvalue weighted by Gasteiger charge is 2.05. The Hall–Kier alpha value is -2.02. The van der Waals surface area contributed by atoms with Crippen LogP contribution in [-0.4, -0.2) is 13.7 Å². The van der Waals surface area contributed by atoms with Gasteiger partial charge in [0.25, 0.3) is 0 Å². The molecule has 5 nitrogen and oxygen atoms in total. The summed E-state index contributed by atoms with van der Waals surface area (Å²) >= 11 is 3.45. The number of aromatic nitrogens is 1. The van der Waals surface area contributed by atoms with Crippen LogP contribution in [0.3, 0.4) is 0 Å². The van der Waals surface area contributed by atoms with Gasteiger partial charge in [0.05, 0.1) is 10.5 Å². The molecule has 0 amide bonds. The number of halogens is 1. The minimum atomic E-state index is -2.44. The Morgan fingerprint density at radius 1 is 1.14 bits per heavy atom. The van der Waals surface area contributed by atoms with Gasteiger partial charge in [-0.05, 0) is 29.7 Å². The molecule has 0 aliphatic heterocycles. The Kier molecular flexibility index (Phi) is 3.59. The van der Waals surface area contributed by atoms with Crippen molar-refractivity contribution in [2.75, 3.05) is 4.72 Å². The predicted octanol–water partition coefficient (Wildman–Crippen LogP) is 2.61. The van der Waals surface area contributed by atoms with Crippen LogP contribution in [0.2, 0.25) is 5.02 Å². The predicted molar refractivity (Wildman–Crippen MR) is 83.1 cm³/mol. The molecule has 0 spiro atoms. The van der Waals surface area contributed by atoms with Crippen molar-refractivity contribution in [1.82, 2.24) is 4.98 Å². The summed E-state index contributed by atoms with van der Waals surface area (Å²) in [4.78, 5) is 16.7. The van der Waals surface area contributed by atoms with E-state index >= 15 is 0 Å². The Bertz CT molecular complexity index is 946. The largest absolute Gasteiger partial charge is 0.755 e. The highest BCUT2D eigenvalue weighted by molar-refractivity contribution is 7.80. The van der Waals surface area contributed by atoms with Gasteiger partial charge in [-0.1, -0.05) is 23.7 Å². The third-order valence-corrected chi connectivity index (χ3v) is 3.66. The molecule has 1 N–H and O–H groups in total. The van der Waals surface area contributed by atoms with Gasteiger partial charge in [-0.15, -0.1) is 0 Å². The van der Waals surface area contributed by atoms with Crippen molar-refractivity contribution in [2.45, 2.75) is 0 Å². The number of hydrogen-bond donors (Lipinski definition) is 1. The average Bonchev–Trinajstić information content (AvgIpc) is 2.57. The van der Waals surface area contributed by atoms with E-state index in [0.29, 0.717) is 32.4 Å². The van der Waals surface area contributed by atoms with Crippen molar-refractivity contribution in [3.63, 3.8) is 0 Å². The Labute approximate surface area is 127 Å². The molecule has 0 aliphatic carbocycles. The van der Waals surface area contributed by atoms with E-state index in [-0.39, 0.29) is 5.43 Å². The second-order valence-electron chi connectivity index (χ2n) is 4.39. The third-order valence-electron chi connectivity index (χ3n) is 3.05. The molecule has 21 heavy (non-hydrogen) atoms. The van der Waals surface area contributed by atoms with Gasteiger partial charge in [0.1, 0.15) is 0 Å². The highest BCUT2D eigenvalue weighted by atomic mass is 35.5. The Balaban J connectivity index is 2.40. The van der Waals surface area contributed by atoms with Gasteiger partial charge in [0.15, 0.2) is 5.43 Å². The molecule has 106 valence electrons. The smallest absolute Gasteiger partial charge is 0.195 e. The standard InChI is InChI=1S/C14H9ClN2O3S/c15-9-5-12-13(16-7-9)4-2-8-1-3-10(17-21(19)20)6-11(8)14(12)18/h1-7,17H,(H,19,20)/p-1. The zero-order valence-corrected chi connectivity index (χ0v) is 12.1. The molecule has 3 rings (SSSR count). The van der Waals surface area contributed by atoms with Crippen molar-refractivity contribution < 1.29 is 8.76 Å². The lowest BCUT2D eigenvalue weighted by atomic mass is 10.1. The van der Waals surface area contributed by atoms with Crippen LogP contribution in [0.5, 0.6) is 0 Å². The number of hydrogen-bond acceptors (Lipinski definition) is 4. The molecular weight excluding hydrogens is 312 g/mol. The summed E-state index contributed by atoms with van der Waals surface area (Å²) in [5, 5.41) is 1.84. The molecular formula is C14H8ClN2O3S-. The zero-order valence-electron chi connectivity index (χ0n) is 10.5. The second-order valence-corrected chi connectivity index (χ2v) is 5.50. The quantitative estimate of drug-likeness (QED) is 0.736. The Morgan fingerprint density at radius 3 is 2.67 bits per heavy atom. The first-order valence-corrected chi connectivity index (χ1v) is 7.38. The van der Waals surface area contributed by atoms with E-state index in [0.717, 1.165) is 0 Å². The Morgan fingerprint density at radius 2 is 1.90 bits per heavy atom. The summed E-state index contributed by atoms with van der Waals surface area (Å²) in [5.74, 6) is 0. The maximum Gasteiger partial charge on any atom is 0.195 e. The summed E-state index contributed by atoms with van der Waals surface area (Å²) in [6.45, 7) is 0. The van der Waals surface area contributed by atoms with Gasteiger partial charge < -0.3 is 9.27 Å². The molecule has 0 saturated heterocycles. The zero-order chi connectivity index (χ0) is 15.0. The maximum absolute atomic E-state index is 12.6. The monoisotopic (exact) mass is 319 g/mol.